The molecule has 3 nitrogen and oxygen atoms in total. The van der Waals surface area contributed by atoms with E-state index in [9.17, 15) is 0 Å². The number of nitrogen functional groups attached to an aromatic ring is 1. The number of anilines is 2. The highest BCUT2D eigenvalue weighted by Gasteiger charge is 2.05. The van der Waals surface area contributed by atoms with Gasteiger partial charge in [0.25, 0.3) is 0 Å². The topological polar surface area (TPSA) is 38.5 Å². The second-order valence-corrected chi connectivity index (χ2v) is 4.27. The van der Waals surface area contributed by atoms with Crippen molar-refractivity contribution >= 4 is 11.4 Å². The predicted octanol–water partition coefficient (Wildman–Crippen LogP) is 2.91. The van der Waals surface area contributed by atoms with Crippen molar-refractivity contribution in [3.8, 4) is 5.75 Å². The first-order valence-electron chi connectivity index (χ1n) is 5.89. The monoisotopic (exact) mass is 242 g/mol. The van der Waals surface area contributed by atoms with Crippen LogP contribution in [-0.2, 0) is 6.54 Å². The summed E-state index contributed by atoms with van der Waals surface area (Å²) >= 11 is 0. The van der Waals surface area contributed by atoms with Crippen LogP contribution < -0.4 is 15.4 Å². The van der Waals surface area contributed by atoms with Crippen LogP contribution in [0.3, 0.4) is 0 Å². The quantitative estimate of drug-likeness (QED) is 0.838. The first kappa shape index (κ1) is 12.3. The van der Waals surface area contributed by atoms with Gasteiger partial charge in [-0.3, -0.25) is 0 Å². The van der Waals surface area contributed by atoms with E-state index in [4.69, 9.17) is 10.5 Å². The molecule has 2 aromatic rings. The maximum atomic E-state index is 5.81. The fraction of sp³-hybridized carbons (Fsp3) is 0.200. The molecule has 0 aliphatic heterocycles. The Morgan fingerprint density at radius 2 is 1.83 bits per heavy atom. The summed E-state index contributed by atoms with van der Waals surface area (Å²) in [4.78, 5) is 2.16. The third-order valence-electron chi connectivity index (χ3n) is 2.92. The Hall–Kier alpha value is -2.16. The summed E-state index contributed by atoms with van der Waals surface area (Å²) in [6, 6.07) is 16.2. The Kier molecular flexibility index (Phi) is 3.72. The molecule has 94 valence electrons. The third-order valence-corrected chi connectivity index (χ3v) is 2.92. The molecule has 2 rings (SSSR count). The molecule has 2 aromatic carbocycles. The Labute approximate surface area is 108 Å². The van der Waals surface area contributed by atoms with Gasteiger partial charge in [0.2, 0.25) is 0 Å². The van der Waals surface area contributed by atoms with E-state index < -0.39 is 0 Å². The van der Waals surface area contributed by atoms with Crippen molar-refractivity contribution in [2.75, 3.05) is 24.8 Å². The Bertz CT molecular complexity index is 511. The van der Waals surface area contributed by atoms with E-state index in [1.165, 1.54) is 5.56 Å². The predicted molar refractivity (Wildman–Crippen MR) is 76.0 cm³/mol. The SMILES string of the molecule is COc1cc(N(C)Cc2ccccc2)ccc1N. The van der Waals surface area contributed by atoms with E-state index >= 15 is 0 Å². The Morgan fingerprint density at radius 1 is 1.11 bits per heavy atom. The van der Waals surface area contributed by atoms with Crippen LogP contribution in [0.4, 0.5) is 11.4 Å². The number of rotatable bonds is 4. The minimum absolute atomic E-state index is 0.661. The first-order valence-corrected chi connectivity index (χ1v) is 5.89. The number of hydrogen-bond acceptors (Lipinski definition) is 3. The van der Waals surface area contributed by atoms with Gasteiger partial charge >= 0.3 is 0 Å². The highest BCUT2D eigenvalue weighted by atomic mass is 16.5. The fourth-order valence-corrected chi connectivity index (χ4v) is 1.89. The maximum Gasteiger partial charge on any atom is 0.143 e. The van der Waals surface area contributed by atoms with Crippen molar-refractivity contribution in [1.82, 2.24) is 0 Å². The number of nitrogens with two attached hydrogens (primary N) is 1. The van der Waals surface area contributed by atoms with Crippen molar-refractivity contribution in [2.45, 2.75) is 6.54 Å². The molecule has 0 aliphatic rings. The van der Waals surface area contributed by atoms with Crippen molar-refractivity contribution in [3.05, 3.63) is 54.1 Å². The van der Waals surface area contributed by atoms with Crippen molar-refractivity contribution in [2.24, 2.45) is 0 Å². The Morgan fingerprint density at radius 3 is 2.50 bits per heavy atom. The number of hydrogen-bond donors (Lipinski definition) is 1. The zero-order valence-corrected chi connectivity index (χ0v) is 10.8. The highest BCUT2D eigenvalue weighted by molar-refractivity contribution is 5.62. The van der Waals surface area contributed by atoms with Crippen LogP contribution in [0.1, 0.15) is 5.56 Å². The molecule has 0 amide bonds. The Balaban J connectivity index is 2.16. The second-order valence-electron chi connectivity index (χ2n) is 4.27. The van der Waals surface area contributed by atoms with Crippen LogP contribution in [0.5, 0.6) is 5.75 Å². The van der Waals surface area contributed by atoms with Gasteiger partial charge in [-0.05, 0) is 17.7 Å². The van der Waals surface area contributed by atoms with Gasteiger partial charge < -0.3 is 15.4 Å². The van der Waals surface area contributed by atoms with E-state index in [2.05, 4.69) is 24.1 Å². The van der Waals surface area contributed by atoms with Gasteiger partial charge in [-0.15, -0.1) is 0 Å². The molecule has 3 heteroatoms. The molecule has 0 atom stereocenters. The fourth-order valence-electron chi connectivity index (χ4n) is 1.89. The standard InChI is InChI=1S/C15H18N2O/c1-17(11-12-6-4-3-5-7-12)13-8-9-14(16)15(10-13)18-2/h3-10H,11,16H2,1-2H3. The van der Waals surface area contributed by atoms with Crippen molar-refractivity contribution in [3.63, 3.8) is 0 Å². The largest absolute Gasteiger partial charge is 0.495 e. The van der Waals surface area contributed by atoms with Gasteiger partial charge in [-0.2, -0.15) is 0 Å². The summed E-state index contributed by atoms with van der Waals surface area (Å²) in [7, 11) is 3.69. The van der Waals surface area contributed by atoms with Gasteiger partial charge in [-0.25, -0.2) is 0 Å². The second kappa shape index (κ2) is 5.45. The minimum Gasteiger partial charge on any atom is -0.495 e. The van der Waals surface area contributed by atoms with Crippen LogP contribution in [0.15, 0.2) is 48.5 Å². The van der Waals surface area contributed by atoms with Gasteiger partial charge in [0, 0.05) is 25.3 Å². The molecule has 0 saturated heterocycles. The lowest BCUT2D eigenvalue weighted by Gasteiger charge is -2.20. The molecule has 0 heterocycles. The maximum absolute atomic E-state index is 5.81. The average Bonchev–Trinajstić information content (AvgIpc) is 2.40. The summed E-state index contributed by atoms with van der Waals surface area (Å²) in [6.07, 6.45) is 0. The molecular formula is C15H18N2O. The summed E-state index contributed by atoms with van der Waals surface area (Å²) in [5.74, 6) is 0.715. The lowest BCUT2D eigenvalue weighted by Crippen LogP contribution is -2.16. The van der Waals surface area contributed by atoms with Gasteiger partial charge in [0.1, 0.15) is 5.75 Å². The number of benzene rings is 2. The van der Waals surface area contributed by atoms with Crippen LogP contribution >= 0.6 is 0 Å². The van der Waals surface area contributed by atoms with E-state index in [1.54, 1.807) is 7.11 Å². The molecule has 0 aliphatic carbocycles. The van der Waals surface area contributed by atoms with Crippen LogP contribution in [0.25, 0.3) is 0 Å². The molecule has 0 fully saturated rings. The van der Waals surface area contributed by atoms with Crippen LogP contribution in [-0.4, -0.2) is 14.2 Å². The molecule has 0 unspecified atom stereocenters. The molecule has 18 heavy (non-hydrogen) atoms. The normalized spacial score (nSPS) is 10.1. The molecule has 0 radical (unpaired) electrons. The van der Waals surface area contributed by atoms with E-state index in [1.807, 2.05) is 36.4 Å². The van der Waals surface area contributed by atoms with Gasteiger partial charge in [-0.1, -0.05) is 30.3 Å². The van der Waals surface area contributed by atoms with Crippen molar-refractivity contribution < 1.29 is 4.74 Å². The molecule has 0 spiro atoms. The molecule has 2 N–H and O–H groups in total. The molecule has 0 bridgehead atoms. The number of nitrogens with zero attached hydrogens (tertiary/aromatic N) is 1. The summed E-state index contributed by atoms with van der Waals surface area (Å²) in [5.41, 5.74) is 8.83. The van der Waals surface area contributed by atoms with Crippen LogP contribution in [0.2, 0.25) is 0 Å². The smallest absolute Gasteiger partial charge is 0.143 e. The van der Waals surface area contributed by atoms with E-state index in [0.29, 0.717) is 11.4 Å². The summed E-state index contributed by atoms with van der Waals surface area (Å²) in [6.45, 7) is 0.855. The number of methoxy groups -OCH3 is 1. The third kappa shape index (κ3) is 2.74. The zero-order valence-electron chi connectivity index (χ0n) is 10.8. The molecule has 0 aromatic heterocycles. The first-order chi connectivity index (χ1) is 8.70. The molecular weight excluding hydrogens is 224 g/mol. The van der Waals surface area contributed by atoms with Crippen molar-refractivity contribution in [1.29, 1.82) is 0 Å². The van der Waals surface area contributed by atoms with Gasteiger partial charge in [0.15, 0.2) is 0 Å². The lowest BCUT2D eigenvalue weighted by molar-refractivity contribution is 0.417. The number of ether oxygens (including phenoxy) is 1. The summed E-state index contributed by atoms with van der Waals surface area (Å²) in [5, 5.41) is 0. The van der Waals surface area contributed by atoms with Gasteiger partial charge in [0.05, 0.1) is 12.8 Å². The van der Waals surface area contributed by atoms with E-state index in [-0.39, 0.29) is 0 Å². The minimum atomic E-state index is 0.661. The average molecular weight is 242 g/mol. The van der Waals surface area contributed by atoms with Crippen LogP contribution in [0, 0.1) is 0 Å². The zero-order chi connectivity index (χ0) is 13.0. The molecule has 0 saturated carbocycles. The summed E-state index contributed by atoms with van der Waals surface area (Å²) < 4.78 is 5.23. The highest BCUT2D eigenvalue weighted by Crippen LogP contribution is 2.27. The lowest BCUT2D eigenvalue weighted by atomic mass is 10.2. The van der Waals surface area contributed by atoms with E-state index in [0.717, 1.165) is 12.2 Å².